The van der Waals surface area contributed by atoms with Crippen LogP contribution in [0.2, 0.25) is 5.02 Å². The predicted octanol–water partition coefficient (Wildman–Crippen LogP) is 3.77. The average molecular weight is 335 g/mol. The van der Waals surface area contributed by atoms with Crippen molar-refractivity contribution in [3.63, 3.8) is 0 Å². The molecule has 0 aliphatic carbocycles. The van der Waals surface area contributed by atoms with E-state index in [1.54, 1.807) is 24.3 Å². The third-order valence-electron chi connectivity index (χ3n) is 3.25. The number of benzene rings is 2. The number of allylic oxidation sites excluding steroid dienone is 1. The minimum absolute atomic E-state index is 0.0478. The Labute approximate surface area is 131 Å². The Bertz CT molecular complexity index is 948. The second kappa shape index (κ2) is 5.13. The van der Waals surface area contributed by atoms with Crippen molar-refractivity contribution in [2.45, 2.75) is 4.90 Å². The highest BCUT2D eigenvalue weighted by atomic mass is 35.5. The van der Waals surface area contributed by atoms with E-state index >= 15 is 0 Å². The van der Waals surface area contributed by atoms with E-state index in [1.165, 1.54) is 29.2 Å². The maximum Gasteiger partial charge on any atom is 0.220 e. The van der Waals surface area contributed by atoms with Gasteiger partial charge in [-0.2, -0.15) is 5.26 Å². The first kappa shape index (κ1) is 14.6. The third kappa shape index (κ3) is 2.06. The highest BCUT2D eigenvalue weighted by Crippen LogP contribution is 2.40. The fraction of sp³-hybridized carbons (Fsp3) is 0. The Morgan fingerprint density at radius 2 is 1.77 bits per heavy atom. The largest absolute Gasteiger partial charge is 0.311 e. The molecular formula is C15H8ClFN2O2S. The molecule has 0 saturated heterocycles. The van der Waals surface area contributed by atoms with Crippen LogP contribution in [0, 0.1) is 17.1 Å². The summed E-state index contributed by atoms with van der Waals surface area (Å²) in [5.41, 5.74) is 0.338. The van der Waals surface area contributed by atoms with Crippen molar-refractivity contribution in [2.75, 3.05) is 4.90 Å². The second-order valence-electron chi connectivity index (χ2n) is 4.52. The van der Waals surface area contributed by atoms with Gasteiger partial charge in [0.15, 0.2) is 10.7 Å². The number of halogens is 2. The SMILES string of the molecule is N#CC1=CN(c2cccc(Cl)c2F)c2ccccc2S1(=O)=O. The molecule has 7 heteroatoms. The first-order valence-electron chi connectivity index (χ1n) is 6.16. The van der Waals surface area contributed by atoms with Gasteiger partial charge in [-0.3, -0.25) is 0 Å². The number of rotatable bonds is 1. The molecule has 2 aromatic rings. The summed E-state index contributed by atoms with van der Waals surface area (Å²) in [7, 11) is -3.89. The first-order valence-corrected chi connectivity index (χ1v) is 8.02. The summed E-state index contributed by atoms with van der Waals surface area (Å²) < 4.78 is 38.9. The summed E-state index contributed by atoms with van der Waals surface area (Å²) >= 11 is 5.78. The maximum atomic E-state index is 14.3. The van der Waals surface area contributed by atoms with Gasteiger partial charge in [0.2, 0.25) is 9.84 Å². The van der Waals surface area contributed by atoms with Crippen LogP contribution >= 0.6 is 11.6 Å². The molecule has 0 aromatic heterocycles. The summed E-state index contributed by atoms with van der Waals surface area (Å²) in [4.78, 5) is 0.815. The zero-order valence-corrected chi connectivity index (χ0v) is 12.6. The van der Waals surface area contributed by atoms with E-state index in [4.69, 9.17) is 16.9 Å². The average Bonchev–Trinajstić information content (AvgIpc) is 2.51. The van der Waals surface area contributed by atoms with Crippen molar-refractivity contribution in [3.8, 4) is 6.07 Å². The fourth-order valence-corrected chi connectivity index (χ4v) is 3.70. The predicted molar refractivity (Wildman–Crippen MR) is 80.9 cm³/mol. The summed E-state index contributed by atoms with van der Waals surface area (Å²) in [6.45, 7) is 0. The van der Waals surface area contributed by atoms with Gasteiger partial charge in [0.25, 0.3) is 0 Å². The maximum absolute atomic E-state index is 14.3. The van der Waals surface area contributed by atoms with Crippen LogP contribution < -0.4 is 4.90 Å². The van der Waals surface area contributed by atoms with E-state index in [0.717, 1.165) is 6.20 Å². The summed E-state index contributed by atoms with van der Waals surface area (Å²) in [6, 6.07) is 12.1. The zero-order valence-electron chi connectivity index (χ0n) is 11.0. The number of nitrogens with zero attached hydrogens (tertiary/aromatic N) is 2. The molecule has 0 fully saturated rings. The van der Waals surface area contributed by atoms with Gasteiger partial charge in [-0.25, -0.2) is 12.8 Å². The highest BCUT2D eigenvalue weighted by Gasteiger charge is 2.32. The molecule has 0 amide bonds. The van der Waals surface area contributed by atoms with Gasteiger partial charge in [0.05, 0.1) is 21.3 Å². The number of anilines is 2. The van der Waals surface area contributed by atoms with Gasteiger partial charge in [-0.1, -0.05) is 29.8 Å². The summed E-state index contributed by atoms with van der Waals surface area (Å²) in [6.07, 6.45) is 1.10. The number of para-hydroxylation sites is 1. The van der Waals surface area contributed by atoms with E-state index in [0.29, 0.717) is 0 Å². The van der Waals surface area contributed by atoms with Gasteiger partial charge in [0, 0.05) is 6.20 Å². The lowest BCUT2D eigenvalue weighted by Crippen LogP contribution is -2.22. The van der Waals surface area contributed by atoms with Crippen LogP contribution in [-0.2, 0) is 9.84 Å². The van der Waals surface area contributed by atoms with E-state index in [9.17, 15) is 12.8 Å². The zero-order chi connectivity index (χ0) is 15.9. The number of hydrogen-bond donors (Lipinski definition) is 0. The minimum Gasteiger partial charge on any atom is -0.311 e. The van der Waals surface area contributed by atoms with Crippen LogP contribution in [0.5, 0.6) is 0 Å². The quantitative estimate of drug-likeness (QED) is 0.796. The van der Waals surface area contributed by atoms with Crippen LogP contribution in [0.4, 0.5) is 15.8 Å². The second-order valence-corrected chi connectivity index (χ2v) is 6.81. The van der Waals surface area contributed by atoms with E-state index in [2.05, 4.69) is 0 Å². The minimum atomic E-state index is -3.89. The molecule has 3 rings (SSSR count). The van der Waals surface area contributed by atoms with E-state index in [-0.39, 0.29) is 21.3 Å². The Kier molecular flexibility index (Phi) is 3.39. The molecule has 110 valence electrons. The molecule has 0 spiro atoms. The van der Waals surface area contributed by atoms with Crippen molar-refractivity contribution in [3.05, 3.63) is 64.4 Å². The van der Waals surface area contributed by atoms with Gasteiger partial charge in [-0.05, 0) is 24.3 Å². The molecule has 2 aromatic carbocycles. The van der Waals surface area contributed by atoms with Crippen molar-refractivity contribution in [2.24, 2.45) is 0 Å². The molecule has 0 radical (unpaired) electrons. The van der Waals surface area contributed by atoms with Crippen LogP contribution in [-0.4, -0.2) is 8.42 Å². The van der Waals surface area contributed by atoms with Gasteiger partial charge in [-0.15, -0.1) is 0 Å². The molecule has 0 saturated carbocycles. The number of sulfone groups is 1. The molecule has 0 atom stereocenters. The number of fused-ring (bicyclic) bond motifs is 1. The molecule has 0 unspecified atom stereocenters. The lowest BCUT2D eigenvalue weighted by molar-refractivity contribution is 0.601. The Morgan fingerprint density at radius 3 is 2.50 bits per heavy atom. The lowest BCUT2D eigenvalue weighted by Gasteiger charge is -2.27. The van der Waals surface area contributed by atoms with Crippen LogP contribution in [0.25, 0.3) is 0 Å². The van der Waals surface area contributed by atoms with Crippen molar-refractivity contribution >= 4 is 32.8 Å². The van der Waals surface area contributed by atoms with Crippen LogP contribution in [0.15, 0.2) is 58.5 Å². The summed E-state index contributed by atoms with van der Waals surface area (Å²) in [5.74, 6) is -0.688. The monoisotopic (exact) mass is 334 g/mol. The van der Waals surface area contributed by atoms with Crippen LogP contribution in [0.3, 0.4) is 0 Å². The van der Waals surface area contributed by atoms with Crippen molar-refractivity contribution in [1.82, 2.24) is 0 Å². The van der Waals surface area contributed by atoms with Gasteiger partial charge < -0.3 is 4.90 Å². The van der Waals surface area contributed by atoms with Crippen molar-refractivity contribution in [1.29, 1.82) is 5.26 Å². The van der Waals surface area contributed by atoms with Crippen LogP contribution in [0.1, 0.15) is 0 Å². The van der Waals surface area contributed by atoms with Crippen molar-refractivity contribution < 1.29 is 12.8 Å². The number of nitriles is 1. The van der Waals surface area contributed by atoms with E-state index < -0.39 is 20.6 Å². The molecule has 1 aliphatic rings. The molecular weight excluding hydrogens is 327 g/mol. The smallest absolute Gasteiger partial charge is 0.220 e. The Morgan fingerprint density at radius 1 is 1.09 bits per heavy atom. The van der Waals surface area contributed by atoms with Gasteiger partial charge >= 0.3 is 0 Å². The fourth-order valence-electron chi connectivity index (χ4n) is 2.22. The highest BCUT2D eigenvalue weighted by molar-refractivity contribution is 7.95. The van der Waals surface area contributed by atoms with E-state index in [1.807, 2.05) is 0 Å². The van der Waals surface area contributed by atoms with Gasteiger partial charge in [0.1, 0.15) is 6.07 Å². The third-order valence-corrected chi connectivity index (χ3v) is 5.24. The molecule has 0 bridgehead atoms. The Hall–Kier alpha value is -2.36. The molecule has 1 heterocycles. The molecule has 22 heavy (non-hydrogen) atoms. The summed E-state index contributed by atoms with van der Waals surface area (Å²) in [5, 5.41) is 9.01. The normalized spacial score (nSPS) is 15.7. The standard InChI is InChI=1S/C15H8ClFN2O2S/c16-11-4-3-6-13(15(11)17)19-9-10(8-18)22(20,21)14-7-2-1-5-12(14)19/h1-7,9H. The first-order chi connectivity index (χ1) is 10.5. The molecule has 4 nitrogen and oxygen atoms in total. The topological polar surface area (TPSA) is 61.2 Å². The lowest BCUT2D eigenvalue weighted by atomic mass is 10.2. The molecule has 0 N–H and O–H groups in total. The molecule has 1 aliphatic heterocycles. The number of hydrogen-bond acceptors (Lipinski definition) is 4. The Balaban J connectivity index is 2.33.